The quantitative estimate of drug-likeness (QED) is 0.938. The molecular weight excluding hydrogens is 271 g/mol. The van der Waals surface area contributed by atoms with E-state index in [0.717, 1.165) is 10.7 Å². The minimum atomic E-state index is -4.46. The van der Waals surface area contributed by atoms with Crippen LogP contribution in [0.4, 0.5) is 13.2 Å². The summed E-state index contributed by atoms with van der Waals surface area (Å²) in [5.74, 6) is 0.271. The molecule has 0 fully saturated rings. The molecule has 1 aromatic carbocycles. The minimum absolute atomic E-state index is 0.0693. The van der Waals surface area contributed by atoms with Gasteiger partial charge in [0.05, 0.1) is 24.6 Å². The molecule has 0 aliphatic heterocycles. The van der Waals surface area contributed by atoms with Gasteiger partial charge in [-0.15, -0.1) is 0 Å². The van der Waals surface area contributed by atoms with Crippen molar-refractivity contribution in [3.63, 3.8) is 0 Å². The summed E-state index contributed by atoms with van der Waals surface area (Å²) in [6, 6.07) is 5.22. The number of ether oxygens (including phenoxy) is 1. The number of hydrogen-bond acceptors (Lipinski definition) is 3. The highest BCUT2D eigenvalue weighted by Gasteiger charge is 2.34. The number of benzene rings is 1. The second kappa shape index (κ2) is 5.54. The van der Waals surface area contributed by atoms with Crippen molar-refractivity contribution in [1.29, 1.82) is 0 Å². The maximum atomic E-state index is 13.0. The monoisotopic (exact) mass is 285 g/mol. The van der Waals surface area contributed by atoms with Gasteiger partial charge in [0.25, 0.3) is 0 Å². The van der Waals surface area contributed by atoms with Crippen LogP contribution >= 0.6 is 0 Å². The maximum Gasteiger partial charge on any atom is 0.418 e. The fraction of sp³-hybridized carbons (Fsp3) is 0.308. The number of halogens is 3. The number of alkyl halides is 3. The Bertz CT molecular complexity index is 593. The lowest BCUT2D eigenvalue weighted by atomic mass is 10.1. The highest BCUT2D eigenvalue weighted by atomic mass is 19.4. The highest BCUT2D eigenvalue weighted by Crippen LogP contribution is 2.35. The maximum absolute atomic E-state index is 13.0. The molecule has 0 bridgehead atoms. The number of aromatic nitrogens is 2. The average Bonchev–Trinajstić information content (AvgIpc) is 2.81. The summed E-state index contributed by atoms with van der Waals surface area (Å²) in [5, 5.41) is 3.99. The molecule has 0 unspecified atom stereocenters. The van der Waals surface area contributed by atoms with Gasteiger partial charge in [-0.3, -0.25) is 0 Å². The predicted molar refractivity (Wildman–Crippen MR) is 67.9 cm³/mol. The molecule has 20 heavy (non-hydrogen) atoms. The smallest absolute Gasteiger partial charge is 0.418 e. The molecule has 2 aromatic rings. The molecular formula is C13H14F3N3O. The van der Waals surface area contributed by atoms with Crippen LogP contribution in [0.5, 0.6) is 5.88 Å². The SMILES string of the molecule is COc1c(CCN)cnn1-c1ccccc1C(F)(F)F. The summed E-state index contributed by atoms with van der Waals surface area (Å²) in [5.41, 5.74) is 5.30. The third kappa shape index (κ3) is 2.62. The Morgan fingerprint density at radius 2 is 2.00 bits per heavy atom. The molecule has 0 saturated heterocycles. The van der Waals surface area contributed by atoms with E-state index in [0.29, 0.717) is 18.5 Å². The van der Waals surface area contributed by atoms with Gasteiger partial charge in [0.2, 0.25) is 5.88 Å². The molecule has 108 valence electrons. The Morgan fingerprint density at radius 3 is 2.60 bits per heavy atom. The van der Waals surface area contributed by atoms with Crippen LogP contribution in [0, 0.1) is 0 Å². The summed E-state index contributed by atoms with van der Waals surface area (Å²) in [6.07, 6.45) is -2.50. The van der Waals surface area contributed by atoms with E-state index < -0.39 is 11.7 Å². The van der Waals surface area contributed by atoms with Crippen molar-refractivity contribution in [2.24, 2.45) is 5.73 Å². The second-order valence-corrected chi connectivity index (χ2v) is 4.14. The van der Waals surface area contributed by atoms with Crippen LogP contribution in [0.15, 0.2) is 30.5 Å². The van der Waals surface area contributed by atoms with Gasteiger partial charge in [-0.25, -0.2) is 4.68 Å². The zero-order valence-corrected chi connectivity index (χ0v) is 10.8. The van der Waals surface area contributed by atoms with Crippen LogP contribution in [-0.2, 0) is 12.6 Å². The van der Waals surface area contributed by atoms with Crippen molar-refractivity contribution in [3.05, 3.63) is 41.6 Å². The van der Waals surface area contributed by atoms with Crippen LogP contribution in [0.25, 0.3) is 5.69 Å². The van der Waals surface area contributed by atoms with Crippen molar-refractivity contribution in [2.75, 3.05) is 13.7 Å². The van der Waals surface area contributed by atoms with Gasteiger partial charge in [0.15, 0.2) is 0 Å². The van der Waals surface area contributed by atoms with E-state index in [2.05, 4.69) is 5.10 Å². The Hall–Kier alpha value is -2.02. The second-order valence-electron chi connectivity index (χ2n) is 4.14. The average molecular weight is 285 g/mol. The molecule has 0 amide bonds. The highest BCUT2D eigenvalue weighted by molar-refractivity contribution is 5.46. The summed E-state index contributed by atoms with van der Waals surface area (Å²) in [7, 11) is 1.39. The van der Waals surface area contributed by atoms with Crippen LogP contribution in [0.3, 0.4) is 0 Å². The Morgan fingerprint density at radius 1 is 1.30 bits per heavy atom. The molecule has 2 N–H and O–H groups in total. The van der Waals surface area contributed by atoms with Crippen LogP contribution in [0.1, 0.15) is 11.1 Å². The van der Waals surface area contributed by atoms with Crippen molar-refractivity contribution in [1.82, 2.24) is 9.78 Å². The normalized spacial score (nSPS) is 11.7. The summed E-state index contributed by atoms with van der Waals surface area (Å²) in [4.78, 5) is 0. The molecule has 1 heterocycles. The first kappa shape index (κ1) is 14.4. The molecule has 0 aliphatic carbocycles. The molecule has 4 nitrogen and oxygen atoms in total. The number of methoxy groups -OCH3 is 1. The van der Waals surface area contributed by atoms with Crippen LogP contribution in [-0.4, -0.2) is 23.4 Å². The Balaban J connectivity index is 2.58. The standard InChI is InChI=1S/C13H14F3N3O/c1-20-12-9(6-7-17)8-18-19(12)11-5-3-2-4-10(11)13(14,15)16/h2-5,8H,6-7,17H2,1H3. The van der Waals surface area contributed by atoms with E-state index in [9.17, 15) is 13.2 Å². The molecule has 0 saturated carbocycles. The number of rotatable bonds is 4. The van der Waals surface area contributed by atoms with Gasteiger partial charge in [0, 0.05) is 5.56 Å². The molecule has 1 aromatic heterocycles. The molecule has 0 aliphatic rings. The number of nitrogens with zero attached hydrogens (tertiary/aromatic N) is 2. The zero-order valence-electron chi connectivity index (χ0n) is 10.8. The van der Waals surface area contributed by atoms with Gasteiger partial charge in [-0.1, -0.05) is 12.1 Å². The molecule has 0 spiro atoms. The first-order valence-corrected chi connectivity index (χ1v) is 5.96. The summed E-state index contributed by atoms with van der Waals surface area (Å²) in [6.45, 7) is 0.364. The van der Waals surface area contributed by atoms with Crippen LogP contribution in [0.2, 0.25) is 0 Å². The number of hydrogen-bond donors (Lipinski definition) is 1. The fourth-order valence-corrected chi connectivity index (χ4v) is 1.99. The number of para-hydroxylation sites is 1. The van der Waals surface area contributed by atoms with Crippen molar-refractivity contribution < 1.29 is 17.9 Å². The third-order valence-corrected chi connectivity index (χ3v) is 2.84. The van der Waals surface area contributed by atoms with Gasteiger partial charge < -0.3 is 10.5 Å². The molecule has 0 radical (unpaired) electrons. The minimum Gasteiger partial charge on any atom is -0.481 e. The molecule has 2 rings (SSSR count). The van der Waals surface area contributed by atoms with E-state index >= 15 is 0 Å². The first-order chi connectivity index (χ1) is 9.49. The zero-order chi connectivity index (χ0) is 14.8. The van der Waals surface area contributed by atoms with Gasteiger partial charge in [0.1, 0.15) is 0 Å². The van der Waals surface area contributed by atoms with E-state index in [4.69, 9.17) is 10.5 Å². The summed E-state index contributed by atoms with van der Waals surface area (Å²) < 4.78 is 45.4. The lowest BCUT2D eigenvalue weighted by Gasteiger charge is -2.14. The topological polar surface area (TPSA) is 53.1 Å². The van der Waals surface area contributed by atoms with Crippen molar-refractivity contribution in [3.8, 4) is 11.6 Å². The largest absolute Gasteiger partial charge is 0.481 e. The molecule has 0 atom stereocenters. The predicted octanol–water partition coefficient (Wildman–Crippen LogP) is 2.40. The Labute approximate surface area is 114 Å². The van der Waals surface area contributed by atoms with E-state index in [1.807, 2.05) is 0 Å². The van der Waals surface area contributed by atoms with E-state index in [1.54, 1.807) is 0 Å². The van der Waals surface area contributed by atoms with Crippen LogP contribution < -0.4 is 10.5 Å². The van der Waals surface area contributed by atoms with Gasteiger partial charge >= 0.3 is 6.18 Å². The van der Waals surface area contributed by atoms with E-state index in [1.165, 1.54) is 31.5 Å². The fourth-order valence-electron chi connectivity index (χ4n) is 1.99. The first-order valence-electron chi connectivity index (χ1n) is 5.96. The van der Waals surface area contributed by atoms with E-state index in [-0.39, 0.29) is 11.6 Å². The number of nitrogens with two attached hydrogens (primary N) is 1. The molecule has 7 heteroatoms. The third-order valence-electron chi connectivity index (χ3n) is 2.84. The summed E-state index contributed by atoms with van der Waals surface area (Å²) >= 11 is 0. The van der Waals surface area contributed by atoms with Crippen molar-refractivity contribution >= 4 is 0 Å². The lowest BCUT2D eigenvalue weighted by Crippen LogP contribution is -2.12. The lowest BCUT2D eigenvalue weighted by molar-refractivity contribution is -0.137. The van der Waals surface area contributed by atoms with Gasteiger partial charge in [-0.2, -0.15) is 18.3 Å². The Kier molecular flexibility index (Phi) is 3.99. The van der Waals surface area contributed by atoms with Gasteiger partial charge in [-0.05, 0) is 25.1 Å². The van der Waals surface area contributed by atoms with Crippen molar-refractivity contribution in [2.45, 2.75) is 12.6 Å².